The Balaban J connectivity index is 1.80. The van der Waals surface area contributed by atoms with E-state index in [4.69, 9.17) is 6.42 Å². The number of aromatic nitrogens is 1. The van der Waals surface area contributed by atoms with Gasteiger partial charge in [-0.1, -0.05) is 12.8 Å². The summed E-state index contributed by atoms with van der Waals surface area (Å²) in [7, 11) is 0. The van der Waals surface area contributed by atoms with Crippen molar-refractivity contribution in [2.45, 2.75) is 39.3 Å². The summed E-state index contributed by atoms with van der Waals surface area (Å²) in [5, 5.41) is 6.73. The van der Waals surface area contributed by atoms with Crippen molar-refractivity contribution in [3.63, 3.8) is 0 Å². The molecule has 3 nitrogen and oxygen atoms in total. The zero-order valence-electron chi connectivity index (χ0n) is 11.7. The first kappa shape index (κ1) is 14.5. The minimum absolute atomic E-state index is 0.734. The van der Waals surface area contributed by atoms with E-state index in [9.17, 15) is 0 Å². The molecule has 0 bridgehead atoms. The van der Waals surface area contributed by atoms with Crippen LogP contribution in [-0.4, -0.2) is 29.5 Å². The van der Waals surface area contributed by atoms with E-state index in [2.05, 4.69) is 33.4 Å². The molecule has 1 aromatic rings. The summed E-state index contributed by atoms with van der Waals surface area (Å²) in [6, 6.07) is 0. The van der Waals surface area contributed by atoms with Crippen LogP contribution in [0.2, 0.25) is 0 Å². The third kappa shape index (κ3) is 5.32. The molecule has 4 heteroatoms. The molecule has 0 atom stereocenters. The summed E-state index contributed by atoms with van der Waals surface area (Å²) in [5.41, 5.74) is 1.16. The molecule has 19 heavy (non-hydrogen) atoms. The third-order valence-electron chi connectivity index (χ3n) is 3.22. The highest BCUT2D eigenvalue weighted by atomic mass is 32.1. The van der Waals surface area contributed by atoms with E-state index in [0.29, 0.717) is 0 Å². The first-order valence-corrected chi connectivity index (χ1v) is 7.99. The first-order valence-electron chi connectivity index (χ1n) is 7.11. The minimum Gasteiger partial charge on any atom is -0.310 e. The van der Waals surface area contributed by atoms with Crippen LogP contribution in [0.3, 0.4) is 0 Å². The van der Waals surface area contributed by atoms with Crippen LogP contribution < -0.4 is 5.32 Å². The third-order valence-corrected chi connectivity index (χ3v) is 4.11. The smallest absolute Gasteiger partial charge is 0.107 e. The molecule has 0 amide bonds. The number of hydrogen-bond acceptors (Lipinski definition) is 4. The van der Waals surface area contributed by atoms with E-state index in [1.165, 1.54) is 17.8 Å². The van der Waals surface area contributed by atoms with E-state index in [1.54, 1.807) is 11.3 Å². The maximum absolute atomic E-state index is 5.45. The maximum Gasteiger partial charge on any atom is 0.107 e. The predicted octanol–water partition coefficient (Wildman–Crippen LogP) is 2.49. The molecule has 2 rings (SSSR count). The molecular formula is C15H23N3S. The fourth-order valence-electron chi connectivity index (χ4n) is 2.08. The van der Waals surface area contributed by atoms with E-state index in [-0.39, 0.29) is 0 Å². The predicted molar refractivity (Wildman–Crippen MR) is 80.9 cm³/mol. The van der Waals surface area contributed by atoms with Crippen LogP contribution in [-0.2, 0) is 13.1 Å². The molecule has 0 radical (unpaired) electrons. The van der Waals surface area contributed by atoms with E-state index in [1.807, 2.05) is 0 Å². The zero-order chi connectivity index (χ0) is 13.5. The lowest BCUT2D eigenvalue weighted by molar-refractivity contribution is 0.283. The Kier molecular flexibility index (Phi) is 5.84. The van der Waals surface area contributed by atoms with E-state index < -0.39 is 0 Å². The van der Waals surface area contributed by atoms with Gasteiger partial charge in [0.05, 0.1) is 12.2 Å². The minimum atomic E-state index is 0.734. The molecule has 0 unspecified atom stereocenters. The van der Waals surface area contributed by atoms with Crippen molar-refractivity contribution >= 4 is 11.3 Å². The molecule has 1 fully saturated rings. The lowest BCUT2D eigenvalue weighted by Gasteiger charge is -2.17. The van der Waals surface area contributed by atoms with Crippen LogP contribution in [0.4, 0.5) is 0 Å². The number of nitrogens with zero attached hydrogens (tertiary/aromatic N) is 2. The SMILES string of the molecule is C#CCN(Cc1csc(CNCCC)n1)CC1CC1. The van der Waals surface area contributed by atoms with Gasteiger partial charge in [0.15, 0.2) is 0 Å². The van der Waals surface area contributed by atoms with E-state index >= 15 is 0 Å². The van der Waals surface area contributed by atoms with Crippen LogP contribution in [0, 0.1) is 18.3 Å². The van der Waals surface area contributed by atoms with Crippen LogP contribution in [0.25, 0.3) is 0 Å². The van der Waals surface area contributed by atoms with Crippen LogP contribution in [0.15, 0.2) is 5.38 Å². The van der Waals surface area contributed by atoms with Gasteiger partial charge in [-0.3, -0.25) is 4.90 Å². The van der Waals surface area contributed by atoms with Crippen molar-refractivity contribution in [2.24, 2.45) is 5.92 Å². The van der Waals surface area contributed by atoms with Gasteiger partial charge < -0.3 is 5.32 Å². The standard InChI is InChI=1S/C15H23N3S/c1-3-7-16-9-15-17-14(12-19-15)11-18(8-4-2)10-13-5-6-13/h2,12-13,16H,3,5-11H2,1H3. The van der Waals surface area contributed by atoms with Crippen molar-refractivity contribution in [3.8, 4) is 12.3 Å². The lowest BCUT2D eigenvalue weighted by atomic mass is 10.3. The Labute approximate surface area is 120 Å². The lowest BCUT2D eigenvalue weighted by Crippen LogP contribution is -2.26. The Morgan fingerprint density at radius 1 is 1.58 bits per heavy atom. The maximum atomic E-state index is 5.45. The van der Waals surface area contributed by atoms with Crippen molar-refractivity contribution in [1.29, 1.82) is 0 Å². The summed E-state index contributed by atoms with van der Waals surface area (Å²) in [6.07, 6.45) is 9.34. The Morgan fingerprint density at radius 3 is 3.11 bits per heavy atom. The summed E-state index contributed by atoms with van der Waals surface area (Å²) in [5.74, 6) is 3.63. The quantitative estimate of drug-likeness (QED) is 0.555. The van der Waals surface area contributed by atoms with Crippen molar-refractivity contribution in [1.82, 2.24) is 15.2 Å². The summed E-state index contributed by atoms with van der Waals surface area (Å²) in [4.78, 5) is 7.02. The van der Waals surface area contributed by atoms with Gasteiger partial charge in [0.1, 0.15) is 5.01 Å². The molecule has 1 heterocycles. The number of terminal acetylenes is 1. The fourth-order valence-corrected chi connectivity index (χ4v) is 2.84. The molecule has 0 aromatic carbocycles. The van der Waals surface area contributed by atoms with Gasteiger partial charge in [-0.05, 0) is 31.7 Å². The van der Waals surface area contributed by atoms with Gasteiger partial charge in [-0.2, -0.15) is 0 Å². The molecule has 104 valence electrons. The van der Waals surface area contributed by atoms with Gasteiger partial charge in [0.25, 0.3) is 0 Å². The zero-order valence-corrected chi connectivity index (χ0v) is 12.5. The number of thiazole rings is 1. The Morgan fingerprint density at radius 2 is 2.42 bits per heavy atom. The van der Waals surface area contributed by atoms with Gasteiger partial charge in [0, 0.05) is 25.0 Å². The summed E-state index contributed by atoms with van der Waals surface area (Å²) < 4.78 is 0. The molecule has 0 saturated heterocycles. The fraction of sp³-hybridized carbons (Fsp3) is 0.667. The molecule has 1 aliphatic rings. The van der Waals surface area contributed by atoms with Crippen molar-refractivity contribution in [3.05, 3.63) is 16.1 Å². The van der Waals surface area contributed by atoms with Crippen molar-refractivity contribution < 1.29 is 0 Å². The second-order valence-electron chi connectivity index (χ2n) is 5.23. The van der Waals surface area contributed by atoms with E-state index in [0.717, 1.165) is 50.8 Å². The molecule has 1 saturated carbocycles. The molecule has 1 N–H and O–H groups in total. The average Bonchev–Trinajstić information content (AvgIpc) is 3.09. The molecule has 0 spiro atoms. The Hall–Kier alpha value is -0.890. The normalized spacial score (nSPS) is 14.8. The van der Waals surface area contributed by atoms with Gasteiger partial charge in [0.2, 0.25) is 0 Å². The highest BCUT2D eigenvalue weighted by molar-refractivity contribution is 7.09. The Bertz CT molecular complexity index is 417. The second-order valence-corrected chi connectivity index (χ2v) is 6.17. The topological polar surface area (TPSA) is 28.2 Å². The van der Waals surface area contributed by atoms with Gasteiger partial charge >= 0.3 is 0 Å². The molecular weight excluding hydrogens is 254 g/mol. The summed E-state index contributed by atoms with van der Waals surface area (Å²) >= 11 is 1.74. The van der Waals surface area contributed by atoms with Crippen molar-refractivity contribution in [2.75, 3.05) is 19.6 Å². The van der Waals surface area contributed by atoms with Gasteiger partial charge in [-0.25, -0.2) is 4.98 Å². The summed E-state index contributed by atoms with van der Waals surface area (Å²) in [6.45, 7) is 6.87. The van der Waals surface area contributed by atoms with Crippen LogP contribution in [0.5, 0.6) is 0 Å². The van der Waals surface area contributed by atoms with Crippen LogP contribution in [0.1, 0.15) is 36.9 Å². The van der Waals surface area contributed by atoms with Gasteiger partial charge in [-0.15, -0.1) is 17.8 Å². The largest absolute Gasteiger partial charge is 0.310 e. The second kappa shape index (κ2) is 7.64. The number of rotatable bonds is 9. The first-order chi connectivity index (χ1) is 9.31. The van der Waals surface area contributed by atoms with Crippen LogP contribution >= 0.6 is 11.3 Å². The monoisotopic (exact) mass is 277 g/mol. The molecule has 1 aliphatic carbocycles. The highest BCUT2D eigenvalue weighted by Gasteiger charge is 2.24. The average molecular weight is 277 g/mol. The number of nitrogens with one attached hydrogen (secondary N) is 1. The number of hydrogen-bond donors (Lipinski definition) is 1. The molecule has 0 aliphatic heterocycles. The molecule has 1 aromatic heterocycles. The highest BCUT2D eigenvalue weighted by Crippen LogP contribution is 2.30.